The van der Waals surface area contributed by atoms with Gasteiger partial charge in [-0.3, -0.25) is 9.59 Å². The Balaban J connectivity index is 2.66. The lowest BCUT2D eigenvalue weighted by Crippen LogP contribution is -2.23. The van der Waals surface area contributed by atoms with Gasteiger partial charge in [0.1, 0.15) is 6.04 Å². The number of rotatable bonds is 5. The van der Waals surface area contributed by atoms with Gasteiger partial charge < -0.3 is 21.8 Å². The second kappa shape index (κ2) is 5.34. The van der Waals surface area contributed by atoms with E-state index < -0.39 is 17.9 Å². The molecule has 0 saturated heterocycles. The fourth-order valence-electron chi connectivity index (χ4n) is 2.29. The second-order valence-electron chi connectivity index (χ2n) is 4.77. The topological polar surface area (TPSA) is 117 Å². The van der Waals surface area contributed by atoms with Crippen molar-refractivity contribution in [3.05, 3.63) is 35.5 Å². The minimum atomic E-state index is -0.485. The van der Waals surface area contributed by atoms with Crippen molar-refractivity contribution in [2.75, 3.05) is 6.54 Å². The fourth-order valence-corrected chi connectivity index (χ4v) is 2.29. The number of nitrogens with zero attached hydrogens (tertiary/aromatic N) is 1. The van der Waals surface area contributed by atoms with Gasteiger partial charge in [-0.1, -0.05) is 0 Å². The molecular formula is C14H18N4O2. The van der Waals surface area contributed by atoms with Crippen LogP contribution in [0.3, 0.4) is 0 Å². The Labute approximate surface area is 116 Å². The number of nitrogens with two attached hydrogens (primary N) is 3. The van der Waals surface area contributed by atoms with E-state index in [1.807, 2.05) is 6.20 Å². The molecule has 0 spiro atoms. The lowest BCUT2D eigenvalue weighted by atomic mass is 10.1. The van der Waals surface area contributed by atoms with Crippen molar-refractivity contribution in [3.8, 4) is 0 Å². The summed E-state index contributed by atoms with van der Waals surface area (Å²) < 4.78 is 1.80. The van der Waals surface area contributed by atoms with E-state index in [2.05, 4.69) is 0 Å². The highest BCUT2D eigenvalue weighted by Crippen LogP contribution is 2.26. The SMILES string of the molecule is CC(C(N)=O)n1cc(CCN)c2cc(C(N)=O)ccc21. The lowest BCUT2D eigenvalue weighted by molar-refractivity contribution is -0.120. The molecule has 0 aliphatic heterocycles. The third-order valence-corrected chi connectivity index (χ3v) is 3.44. The van der Waals surface area contributed by atoms with Crippen molar-refractivity contribution in [2.45, 2.75) is 19.4 Å². The van der Waals surface area contributed by atoms with E-state index in [1.165, 1.54) is 0 Å². The molecule has 6 nitrogen and oxygen atoms in total. The van der Waals surface area contributed by atoms with Gasteiger partial charge in [-0.2, -0.15) is 0 Å². The molecule has 0 bridgehead atoms. The maximum Gasteiger partial charge on any atom is 0.248 e. The van der Waals surface area contributed by atoms with Gasteiger partial charge in [0, 0.05) is 22.7 Å². The Hall–Kier alpha value is -2.34. The molecule has 6 heteroatoms. The zero-order valence-corrected chi connectivity index (χ0v) is 11.3. The quantitative estimate of drug-likeness (QED) is 0.727. The summed E-state index contributed by atoms with van der Waals surface area (Å²) in [5, 5.41) is 0.875. The minimum absolute atomic E-state index is 0.417. The molecule has 0 aliphatic carbocycles. The zero-order chi connectivity index (χ0) is 14.9. The molecule has 0 saturated carbocycles. The molecule has 1 heterocycles. The average molecular weight is 274 g/mol. The van der Waals surface area contributed by atoms with Crippen molar-refractivity contribution in [1.82, 2.24) is 4.57 Å². The molecule has 1 aromatic heterocycles. The first-order valence-corrected chi connectivity index (χ1v) is 6.38. The van der Waals surface area contributed by atoms with Crippen LogP contribution in [0.15, 0.2) is 24.4 Å². The predicted octanol–water partition coefficient (Wildman–Crippen LogP) is 0.288. The number of hydrogen-bond donors (Lipinski definition) is 3. The number of fused-ring (bicyclic) bond motifs is 1. The molecular weight excluding hydrogens is 256 g/mol. The smallest absolute Gasteiger partial charge is 0.248 e. The third-order valence-electron chi connectivity index (χ3n) is 3.44. The molecule has 1 atom stereocenters. The van der Waals surface area contributed by atoms with Gasteiger partial charge in [-0.15, -0.1) is 0 Å². The molecule has 1 unspecified atom stereocenters. The van der Waals surface area contributed by atoms with Crippen molar-refractivity contribution < 1.29 is 9.59 Å². The summed E-state index contributed by atoms with van der Waals surface area (Å²) in [5.74, 6) is -0.901. The van der Waals surface area contributed by atoms with Gasteiger partial charge in [-0.05, 0) is 43.7 Å². The molecule has 0 aliphatic rings. The maximum atomic E-state index is 11.4. The second-order valence-corrected chi connectivity index (χ2v) is 4.77. The summed E-state index contributed by atoms with van der Waals surface area (Å²) in [6.45, 7) is 2.21. The van der Waals surface area contributed by atoms with Crippen LogP contribution in [0.5, 0.6) is 0 Å². The molecule has 20 heavy (non-hydrogen) atoms. The maximum absolute atomic E-state index is 11.4. The summed E-state index contributed by atoms with van der Waals surface area (Å²) in [6.07, 6.45) is 2.51. The van der Waals surface area contributed by atoms with Gasteiger partial charge in [0.25, 0.3) is 0 Å². The van der Waals surface area contributed by atoms with Gasteiger partial charge >= 0.3 is 0 Å². The molecule has 2 aromatic rings. The monoisotopic (exact) mass is 274 g/mol. The highest BCUT2D eigenvalue weighted by Gasteiger charge is 2.17. The normalized spacial score (nSPS) is 12.5. The highest BCUT2D eigenvalue weighted by atomic mass is 16.1. The number of hydrogen-bond acceptors (Lipinski definition) is 3. The summed E-state index contributed by atoms with van der Waals surface area (Å²) in [5.41, 5.74) is 18.5. The van der Waals surface area contributed by atoms with E-state index in [-0.39, 0.29) is 0 Å². The van der Waals surface area contributed by atoms with Crippen LogP contribution in [0, 0.1) is 0 Å². The minimum Gasteiger partial charge on any atom is -0.368 e. The van der Waals surface area contributed by atoms with Crippen LogP contribution >= 0.6 is 0 Å². The molecule has 1 aromatic carbocycles. The first-order valence-electron chi connectivity index (χ1n) is 6.38. The summed E-state index contributed by atoms with van der Waals surface area (Å²) in [6, 6.07) is 4.67. The number of amides is 2. The van der Waals surface area contributed by atoms with Crippen molar-refractivity contribution in [1.29, 1.82) is 0 Å². The molecule has 2 rings (SSSR count). The zero-order valence-electron chi connectivity index (χ0n) is 11.3. The van der Waals surface area contributed by atoms with Crippen LogP contribution in [0.4, 0.5) is 0 Å². The Morgan fingerprint density at radius 2 is 2.00 bits per heavy atom. The van der Waals surface area contributed by atoms with E-state index >= 15 is 0 Å². The largest absolute Gasteiger partial charge is 0.368 e. The highest BCUT2D eigenvalue weighted by molar-refractivity contribution is 5.98. The summed E-state index contributed by atoms with van der Waals surface area (Å²) in [7, 11) is 0. The predicted molar refractivity (Wildman–Crippen MR) is 77.1 cm³/mol. The van der Waals surface area contributed by atoms with Crippen LogP contribution < -0.4 is 17.2 Å². The van der Waals surface area contributed by atoms with E-state index in [0.717, 1.165) is 16.5 Å². The first-order chi connectivity index (χ1) is 9.45. The number of primary amides is 2. The van der Waals surface area contributed by atoms with E-state index in [9.17, 15) is 9.59 Å². The number of carbonyl (C=O) groups is 2. The molecule has 2 amide bonds. The van der Waals surface area contributed by atoms with E-state index in [4.69, 9.17) is 17.2 Å². The molecule has 0 radical (unpaired) electrons. The van der Waals surface area contributed by atoms with Gasteiger partial charge in [0.2, 0.25) is 11.8 Å². The average Bonchev–Trinajstić information content (AvgIpc) is 2.76. The van der Waals surface area contributed by atoms with Crippen molar-refractivity contribution in [2.24, 2.45) is 17.2 Å². The Kier molecular flexibility index (Phi) is 3.76. The van der Waals surface area contributed by atoms with Crippen LogP contribution in [0.1, 0.15) is 28.9 Å². The summed E-state index contributed by atoms with van der Waals surface area (Å²) >= 11 is 0. The van der Waals surface area contributed by atoms with E-state index in [0.29, 0.717) is 18.5 Å². The summed E-state index contributed by atoms with van der Waals surface area (Å²) in [4.78, 5) is 22.7. The van der Waals surface area contributed by atoms with Gasteiger partial charge in [-0.25, -0.2) is 0 Å². The van der Waals surface area contributed by atoms with Crippen LogP contribution in [0.25, 0.3) is 10.9 Å². The Bertz CT molecular complexity index is 675. The van der Waals surface area contributed by atoms with E-state index in [1.54, 1.807) is 29.7 Å². The Morgan fingerprint density at radius 3 is 2.55 bits per heavy atom. The van der Waals surface area contributed by atoms with Crippen molar-refractivity contribution >= 4 is 22.7 Å². The van der Waals surface area contributed by atoms with Gasteiger partial charge in [0.15, 0.2) is 0 Å². The molecule has 6 N–H and O–H groups in total. The number of carbonyl (C=O) groups excluding carboxylic acids is 2. The first kappa shape index (κ1) is 14.1. The Morgan fingerprint density at radius 1 is 1.30 bits per heavy atom. The number of aromatic nitrogens is 1. The lowest BCUT2D eigenvalue weighted by Gasteiger charge is -2.11. The van der Waals surface area contributed by atoms with Gasteiger partial charge in [0.05, 0.1) is 0 Å². The molecule has 106 valence electrons. The molecule has 0 fully saturated rings. The standard InChI is InChI=1S/C14H18N4O2/c1-8(13(16)19)18-7-10(4-5-15)11-6-9(14(17)20)2-3-12(11)18/h2-3,6-8H,4-5,15H2,1H3,(H2,16,19)(H2,17,20). The van der Waals surface area contributed by atoms with Crippen molar-refractivity contribution in [3.63, 3.8) is 0 Å². The number of benzene rings is 1. The van der Waals surface area contributed by atoms with Crippen LogP contribution in [-0.4, -0.2) is 22.9 Å². The van der Waals surface area contributed by atoms with Crippen LogP contribution in [-0.2, 0) is 11.2 Å². The van der Waals surface area contributed by atoms with Crippen LogP contribution in [0.2, 0.25) is 0 Å². The third kappa shape index (κ3) is 2.37. The fraction of sp³-hybridized carbons (Fsp3) is 0.286.